The number of pyridine rings is 1. The summed E-state index contributed by atoms with van der Waals surface area (Å²) in [7, 11) is 0. The van der Waals surface area contributed by atoms with Gasteiger partial charge in [0.05, 0.1) is 0 Å². The van der Waals surface area contributed by atoms with Gasteiger partial charge in [-0.25, -0.2) is 0 Å². The highest BCUT2D eigenvalue weighted by molar-refractivity contribution is 6.05. The number of hydrogen-bond donors (Lipinski definition) is 1. The Balaban J connectivity index is 1.57. The quantitative estimate of drug-likeness (QED) is 0.869. The summed E-state index contributed by atoms with van der Waals surface area (Å²) in [5, 5.41) is 5.88. The monoisotopic (exact) mass is 335 g/mol. The van der Waals surface area contributed by atoms with E-state index in [1.807, 2.05) is 24.3 Å². The molecule has 1 amide bonds. The summed E-state index contributed by atoms with van der Waals surface area (Å²) >= 11 is 0. The van der Waals surface area contributed by atoms with E-state index in [-0.39, 0.29) is 11.3 Å². The molecule has 130 valence electrons. The number of likely N-dealkylation sites (tertiary alicyclic amines) is 1. The lowest BCUT2D eigenvalue weighted by Gasteiger charge is -2.46. The molecule has 4 heteroatoms. The zero-order valence-corrected chi connectivity index (χ0v) is 14.7. The van der Waals surface area contributed by atoms with Crippen LogP contribution in [0.25, 0.3) is 10.8 Å². The predicted octanol–water partition coefficient (Wildman–Crippen LogP) is 3.37. The summed E-state index contributed by atoms with van der Waals surface area (Å²) in [5.74, 6) is 0.113. The third-order valence-electron chi connectivity index (χ3n) is 6.83. The molecule has 1 N–H and O–H groups in total. The van der Waals surface area contributed by atoms with Crippen LogP contribution in [0.3, 0.4) is 0 Å². The Morgan fingerprint density at radius 3 is 3.00 bits per heavy atom. The predicted molar refractivity (Wildman–Crippen MR) is 98.5 cm³/mol. The van der Waals surface area contributed by atoms with E-state index in [0.29, 0.717) is 23.8 Å². The van der Waals surface area contributed by atoms with Crippen molar-refractivity contribution in [3.05, 3.63) is 42.2 Å². The van der Waals surface area contributed by atoms with E-state index in [0.717, 1.165) is 23.7 Å². The molecule has 3 aliphatic rings. The lowest BCUT2D eigenvalue weighted by molar-refractivity contribution is 0.0281. The van der Waals surface area contributed by atoms with Crippen LogP contribution < -0.4 is 5.32 Å². The second kappa shape index (κ2) is 5.53. The molecule has 2 saturated heterocycles. The average molecular weight is 335 g/mol. The molecule has 1 aromatic carbocycles. The first-order valence-corrected chi connectivity index (χ1v) is 9.57. The minimum absolute atomic E-state index is 0.113. The van der Waals surface area contributed by atoms with Crippen molar-refractivity contribution >= 4 is 16.7 Å². The third kappa shape index (κ3) is 2.23. The largest absolute Gasteiger partial charge is 0.332 e. The van der Waals surface area contributed by atoms with E-state index in [1.54, 1.807) is 6.20 Å². The van der Waals surface area contributed by atoms with E-state index in [9.17, 15) is 4.79 Å². The summed E-state index contributed by atoms with van der Waals surface area (Å²) in [6, 6.07) is 11.4. The smallest absolute Gasteiger partial charge is 0.273 e. The molecule has 2 aliphatic heterocycles. The summed E-state index contributed by atoms with van der Waals surface area (Å²) < 4.78 is 0. The second-order valence-corrected chi connectivity index (χ2v) is 8.26. The number of piperidine rings is 1. The van der Waals surface area contributed by atoms with E-state index in [4.69, 9.17) is 0 Å². The van der Waals surface area contributed by atoms with Gasteiger partial charge in [0, 0.05) is 41.7 Å². The molecule has 5 rings (SSSR count). The van der Waals surface area contributed by atoms with Gasteiger partial charge < -0.3 is 10.2 Å². The van der Waals surface area contributed by atoms with Crippen molar-refractivity contribution in [2.75, 3.05) is 6.54 Å². The summed E-state index contributed by atoms with van der Waals surface area (Å²) in [6.45, 7) is 3.22. The van der Waals surface area contributed by atoms with Crippen LogP contribution in [0.1, 0.15) is 49.5 Å². The van der Waals surface area contributed by atoms with Crippen LogP contribution in [0.5, 0.6) is 0 Å². The molecular formula is C21H25N3O. The number of amides is 1. The number of rotatable bonds is 1. The van der Waals surface area contributed by atoms with Gasteiger partial charge in [-0.2, -0.15) is 0 Å². The van der Waals surface area contributed by atoms with Crippen LogP contribution in [0.15, 0.2) is 36.5 Å². The zero-order chi connectivity index (χ0) is 17.0. The van der Waals surface area contributed by atoms with Crippen LogP contribution >= 0.6 is 0 Å². The van der Waals surface area contributed by atoms with Crippen LogP contribution in [0.2, 0.25) is 0 Å². The molecule has 0 unspecified atom stereocenters. The maximum absolute atomic E-state index is 13.5. The Hall–Kier alpha value is -1.94. The van der Waals surface area contributed by atoms with E-state index < -0.39 is 0 Å². The van der Waals surface area contributed by atoms with Crippen LogP contribution in [-0.2, 0) is 0 Å². The molecule has 1 saturated carbocycles. The molecule has 0 spiro atoms. The van der Waals surface area contributed by atoms with Gasteiger partial charge in [0.25, 0.3) is 5.91 Å². The maximum atomic E-state index is 13.5. The summed E-state index contributed by atoms with van der Waals surface area (Å²) in [6.07, 6.45) is 7.83. The van der Waals surface area contributed by atoms with E-state index in [2.05, 4.69) is 28.2 Å². The fraction of sp³-hybridized carbons (Fsp3) is 0.524. The molecule has 1 aromatic heterocycles. The molecule has 25 heavy (non-hydrogen) atoms. The first-order chi connectivity index (χ1) is 12.2. The number of aromatic nitrogens is 1. The average Bonchev–Trinajstić information content (AvgIpc) is 2.79. The number of fused-ring (bicyclic) bond motifs is 2. The Kier molecular flexibility index (Phi) is 3.39. The van der Waals surface area contributed by atoms with Crippen LogP contribution in [-0.4, -0.2) is 40.5 Å². The number of carbonyl (C=O) groups is 1. The highest BCUT2D eigenvalue weighted by Crippen LogP contribution is 2.49. The van der Waals surface area contributed by atoms with Crippen molar-refractivity contribution in [1.82, 2.24) is 15.2 Å². The number of benzene rings is 1. The van der Waals surface area contributed by atoms with Gasteiger partial charge in [-0.15, -0.1) is 0 Å². The van der Waals surface area contributed by atoms with Crippen molar-refractivity contribution < 1.29 is 4.79 Å². The normalized spacial score (nSPS) is 34.1. The number of nitrogens with zero attached hydrogens (tertiary/aromatic N) is 2. The van der Waals surface area contributed by atoms with Crippen LogP contribution in [0, 0.1) is 5.41 Å². The molecule has 3 fully saturated rings. The SMILES string of the molecule is C[C@@]12C[C@H]3CN(C(=O)c4nccc5ccccc45)[C@@H]1CCCC[C@@H]2N3. The first-order valence-electron chi connectivity index (χ1n) is 9.57. The van der Waals surface area contributed by atoms with Crippen molar-refractivity contribution in [3.63, 3.8) is 0 Å². The zero-order valence-electron chi connectivity index (χ0n) is 14.7. The molecule has 3 heterocycles. The van der Waals surface area contributed by atoms with Gasteiger partial charge in [0.2, 0.25) is 0 Å². The van der Waals surface area contributed by atoms with Crippen LogP contribution in [0.4, 0.5) is 0 Å². The maximum Gasteiger partial charge on any atom is 0.273 e. The summed E-state index contributed by atoms with van der Waals surface area (Å²) in [4.78, 5) is 20.2. The second-order valence-electron chi connectivity index (χ2n) is 8.26. The standard InChI is InChI=1S/C21H25N3O/c1-21-12-15-13-24(18(21)9-5-4-8-17(21)23-15)20(25)19-16-7-3-2-6-14(16)10-11-22-19/h2-3,6-7,10-11,15,17-18,23H,4-5,8-9,12-13H2,1H3/t15-,17-,18+,21-/m0/s1. The fourth-order valence-corrected chi connectivity index (χ4v) is 5.65. The molecule has 0 radical (unpaired) electrons. The molecule has 4 nitrogen and oxygen atoms in total. The van der Waals surface area contributed by atoms with Gasteiger partial charge in [0.15, 0.2) is 0 Å². The lowest BCUT2D eigenvalue weighted by Crippen LogP contribution is -2.55. The van der Waals surface area contributed by atoms with Crippen molar-refractivity contribution in [1.29, 1.82) is 0 Å². The molecule has 4 atom stereocenters. The van der Waals surface area contributed by atoms with Crippen molar-refractivity contribution in [2.24, 2.45) is 5.41 Å². The minimum Gasteiger partial charge on any atom is -0.332 e. The molecule has 1 aliphatic carbocycles. The topological polar surface area (TPSA) is 45.2 Å². The number of nitrogens with one attached hydrogen (secondary N) is 1. The fourth-order valence-electron chi connectivity index (χ4n) is 5.65. The number of hydrogen-bond acceptors (Lipinski definition) is 3. The van der Waals surface area contributed by atoms with E-state index >= 15 is 0 Å². The highest BCUT2D eigenvalue weighted by atomic mass is 16.2. The Bertz CT molecular complexity index is 830. The lowest BCUT2D eigenvalue weighted by atomic mass is 9.71. The van der Waals surface area contributed by atoms with Crippen molar-refractivity contribution in [2.45, 2.75) is 57.2 Å². The van der Waals surface area contributed by atoms with Gasteiger partial charge in [-0.1, -0.05) is 44.0 Å². The Morgan fingerprint density at radius 2 is 2.08 bits per heavy atom. The highest BCUT2D eigenvalue weighted by Gasteiger charge is 2.56. The number of carbonyl (C=O) groups excluding carboxylic acids is 1. The summed E-state index contributed by atoms with van der Waals surface area (Å²) in [5.41, 5.74) is 0.823. The molecule has 2 aromatic rings. The molecule has 2 bridgehead atoms. The first kappa shape index (κ1) is 15.3. The van der Waals surface area contributed by atoms with Gasteiger partial charge >= 0.3 is 0 Å². The molecular weight excluding hydrogens is 310 g/mol. The third-order valence-corrected chi connectivity index (χ3v) is 6.83. The van der Waals surface area contributed by atoms with Gasteiger partial charge in [0.1, 0.15) is 5.69 Å². The van der Waals surface area contributed by atoms with Gasteiger partial charge in [-0.05, 0) is 30.7 Å². The minimum atomic E-state index is 0.113. The Labute approximate surface area is 148 Å². The van der Waals surface area contributed by atoms with E-state index in [1.165, 1.54) is 25.7 Å². The van der Waals surface area contributed by atoms with Crippen molar-refractivity contribution in [3.8, 4) is 0 Å². The Morgan fingerprint density at radius 1 is 1.24 bits per heavy atom. The van der Waals surface area contributed by atoms with Gasteiger partial charge in [-0.3, -0.25) is 9.78 Å².